The van der Waals surface area contributed by atoms with Gasteiger partial charge in [-0.05, 0) is 26.7 Å². The lowest BCUT2D eigenvalue weighted by Gasteiger charge is -2.42. The van der Waals surface area contributed by atoms with Gasteiger partial charge >= 0.3 is 0 Å². The Labute approximate surface area is 112 Å². The van der Waals surface area contributed by atoms with E-state index in [-0.39, 0.29) is 12.1 Å². The number of hydrogen-bond donors (Lipinski definition) is 1. The second-order valence-corrected chi connectivity index (χ2v) is 6.82. The predicted octanol–water partition coefficient (Wildman–Crippen LogP) is 2.13. The highest BCUT2D eigenvalue weighted by Crippen LogP contribution is 2.45. The molecule has 18 heavy (non-hydrogen) atoms. The lowest BCUT2D eigenvalue weighted by atomic mass is 10.0. The molecule has 0 unspecified atom stereocenters. The lowest BCUT2D eigenvalue weighted by Crippen LogP contribution is -2.53. The summed E-state index contributed by atoms with van der Waals surface area (Å²) >= 11 is 1.65. The molecule has 1 N–H and O–H groups in total. The molecule has 1 aromatic rings. The number of aromatic nitrogens is 1. The van der Waals surface area contributed by atoms with Crippen LogP contribution in [0.5, 0.6) is 0 Å². The van der Waals surface area contributed by atoms with E-state index in [4.69, 9.17) is 9.72 Å². The first kappa shape index (κ1) is 12.4. The van der Waals surface area contributed by atoms with Gasteiger partial charge in [0.2, 0.25) is 0 Å². The fourth-order valence-corrected chi connectivity index (χ4v) is 3.66. The van der Waals surface area contributed by atoms with Crippen LogP contribution in [0.4, 0.5) is 5.13 Å². The average molecular weight is 268 g/mol. The molecule has 4 nitrogen and oxygen atoms in total. The Bertz CT molecular complexity index is 440. The van der Waals surface area contributed by atoms with Gasteiger partial charge in [-0.25, -0.2) is 4.98 Å². The Morgan fingerprint density at radius 2 is 2.28 bits per heavy atom. The first-order valence-corrected chi connectivity index (χ1v) is 7.39. The van der Waals surface area contributed by atoms with E-state index in [9.17, 15) is 5.11 Å². The number of ether oxygens (including phenoxy) is 1. The van der Waals surface area contributed by atoms with Crippen LogP contribution in [0.15, 0.2) is 0 Å². The minimum atomic E-state index is -0.0103. The molecule has 5 heteroatoms. The number of thiazole rings is 1. The van der Waals surface area contributed by atoms with Crippen LogP contribution >= 0.6 is 11.3 Å². The summed E-state index contributed by atoms with van der Waals surface area (Å²) in [6, 6.07) is 0. The number of morpholine rings is 1. The summed E-state index contributed by atoms with van der Waals surface area (Å²) in [7, 11) is 0. The van der Waals surface area contributed by atoms with Gasteiger partial charge in [0.1, 0.15) is 0 Å². The minimum absolute atomic E-state index is 0.0103. The molecule has 0 atom stereocenters. The fraction of sp³-hybridized carbons (Fsp3) is 0.769. The molecule has 0 amide bonds. The van der Waals surface area contributed by atoms with E-state index in [2.05, 4.69) is 18.7 Å². The van der Waals surface area contributed by atoms with Crippen molar-refractivity contribution in [2.75, 3.05) is 24.7 Å². The highest BCUT2D eigenvalue weighted by molar-refractivity contribution is 7.15. The first-order valence-electron chi connectivity index (χ1n) is 6.57. The van der Waals surface area contributed by atoms with Crippen molar-refractivity contribution in [3.8, 4) is 0 Å². The van der Waals surface area contributed by atoms with Crippen molar-refractivity contribution in [2.24, 2.45) is 0 Å². The fourth-order valence-electron chi connectivity index (χ4n) is 2.47. The number of aliphatic hydroxyl groups excluding tert-OH is 1. The van der Waals surface area contributed by atoms with E-state index in [0.717, 1.165) is 35.5 Å². The number of aliphatic hydroxyl groups is 1. The third kappa shape index (κ3) is 2.15. The molecule has 1 aromatic heterocycles. The predicted molar refractivity (Wildman–Crippen MR) is 72.3 cm³/mol. The summed E-state index contributed by atoms with van der Waals surface area (Å²) in [4.78, 5) is 8.17. The summed E-state index contributed by atoms with van der Waals surface area (Å²) in [6.45, 7) is 6.87. The number of anilines is 1. The normalized spacial score (nSPS) is 23.4. The zero-order valence-corrected chi connectivity index (χ0v) is 11.8. The van der Waals surface area contributed by atoms with E-state index >= 15 is 0 Å². The number of nitrogens with zero attached hydrogens (tertiary/aromatic N) is 2. The molecule has 1 saturated heterocycles. The minimum Gasteiger partial charge on any atom is -0.391 e. The Hall–Kier alpha value is -0.650. The van der Waals surface area contributed by atoms with Gasteiger partial charge in [0, 0.05) is 12.5 Å². The average Bonchev–Trinajstić information content (AvgIpc) is 3.09. The number of hydrogen-bond acceptors (Lipinski definition) is 5. The number of rotatable bonds is 3. The Morgan fingerprint density at radius 3 is 2.89 bits per heavy atom. The molecule has 0 spiro atoms. The maximum Gasteiger partial charge on any atom is 0.186 e. The van der Waals surface area contributed by atoms with Gasteiger partial charge in [-0.3, -0.25) is 0 Å². The SMILES string of the molecule is CC1(C)COCCN1c1nc(C2CC2)c(CO)s1. The van der Waals surface area contributed by atoms with Crippen LogP contribution in [-0.4, -0.2) is 35.4 Å². The molecule has 2 aliphatic rings. The zero-order valence-electron chi connectivity index (χ0n) is 11.0. The van der Waals surface area contributed by atoms with Gasteiger partial charge in [-0.15, -0.1) is 0 Å². The van der Waals surface area contributed by atoms with Gasteiger partial charge in [0.05, 0.1) is 35.9 Å². The van der Waals surface area contributed by atoms with E-state index in [1.165, 1.54) is 12.8 Å². The summed E-state index contributed by atoms with van der Waals surface area (Å²) in [6.07, 6.45) is 2.45. The molecule has 2 heterocycles. The standard InChI is InChI=1S/C13H20N2O2S/c1-13(2)8-17-6-5-15(13)12-14-11(9-3-4-9)10(7-16)18-12/h9,16H,3-8H2,1-2H3. The molecule has 0 aromatic carbocycles. The third-order valence-corrected chi connectivity index (χ3v) is 4.78. The Morgan fingerprint density at radius 1 is 1.50 bits per heavy atom. The summed E-state index contributed by atoms with van der Waals surface area (Å²) in [5.41, 5.74) is 1.13. The maximum absolute atomic E-state index is 9.46. The Kier molecular flexibility index (Phi) is 3.08. The van der Waals surface area contributed by atoms with Crippen LogP contribution in [0.2, 0.25) is 0 Å². The van der Waals surface area contributed by atoms with Gasteiger partial charge < -0.3 is 14.7 Å². The molecule has 1 saturated carbocycles. The van der Waals surface area contributed by atoms with Crippen LogP contribution in [0.3, 0.4) is 0 Å². The van der Waals surface area contributed by atoms with Crippen molar-refractivity contribution >= 4 is 16.5 Å². The van der Waals surface area contributed by atoms with E-state index in [0.29, 0.717) is 5.92 Å². The van der Waals surface area contributed by atoms with Gasteiger partial charge in [0.15, 0.2) is 5.13 Å². The molecule has 0 radical (unpaired) electrons. The van der Waals surface area contributed by atoms with E-state index in [1.54, 1.807) is 11.3 Å². The van der Waals surface area contributed by atoms with Gasteiger partial charge in [-0.2, -0.15) is 0 Å². The zero-order chi connectivity index (χ0) is 12.8. The monoisotopic (exact) mass is 268 g/mol. The topological polar surface area (TPSA) is 45.6 Å². The quantitative estimate of drug-likeness (QED) is 0.912. The largest absolute Gasteiger partial charge is 0.391 e. The van der Waals surface area contributed by atoms with Crippen LogP contribution in [-0.2, 0) is 11.3 Å². The first-order chi connectivity index (χ1) is 8.62. The molecule has 1 aliphatic carbocycles. The van der Waals surface area contributed by atoms with Gasteiger partial charge in [0.25, 0.3) is 0 Å². The van der Waals surface area contributed by atoms with E-state index in [1.807, 2.05) is 0 Å². The van der Waals surface area contributed by atoms with Crippen molar-refractivity contribution in [2.45, 2.75) is 44.8 Å². The highest BCUT2D eigenvalue weighted by Gasteiger charge is 2.35. The smallest absolute Gasteiger partial charge is 0.186 e. The van der Waals surface area contributed by atoms with Crippen molar-refractivity contribution in [3.05, 3.63) is 10.6 Å². The highest BCUT2D eigenvalue weighted by atomic mass is 32.1. The molecule has 100 valence electrons. The van der Waals surface area contributed by atoms with Crippen molar-refractivity contribution in [1.82, 2.24) is 4.98 Å². The molecule has 3 rings (SSSR count). The van der Waals surface area contributed by atoms with Crippen molar-refractivity contribution < 1.29 is 9.84 Å². The van der Waals surface area contributed by atoms with Gasteiger partial charge in [-0.1, -0.05) is 11.3 Å². The van der Waals surface area contributed by atoms with Crippen LogP contribution in [0.25, 0.3) is 0 Å². The van der Waals surface area contributed by atoms with Crippen molar-refractivity contribution in [3.63, 3.8) is 0 Å². The molecular weight excluding hydrogens is 248 g/mol. The molecule has 1 aliphatic heterocycles. The summed E-state index contributed by atoms with van der Waals surface area (Å²) < 4.78 is 5.55. The molecule has 0 bridgehead atoms. The molecular formula is C13H20N2O2S. The Balaban J connectivity index is 1.91. The van der Waals surface area contributed by atoms with E-state index < -0.39 is 0 Å². The summed E-state index contributed by atoms with van der Waals surface area (Å²) in [5.74, 6) is 0.598. The lowest BCUT2D eigenvalue weighted by molar-refractivity contribution is 0.0643. The third-order valence-electron chi connectivity index (χ3n) is 3.70. The van der Waals surface area contributed by atoms with Crippen LogP contribution in [0.1, 0.15) is 43.2 Å². The second kappa shape index (κ2) is 4.47. The second-order valence-electron chi connectivity index (χ2n) is 5.75. The van der Waals surface area contributed by atoms with Crippen molar-refractivity contribution in [1.29, 1.82) is 0 Å². The summed E-state index contributed by atoms with van der Waals surface area (Å²) in [5, 5.41) is 10.5. The van der Waals surface area contributed by atoms with Crippen LogP contribution in [0, 0.1) is 0 Å². The van der Waals surface area contributed by atoms with Crippen LogP contribution < -0.4 is 4.90 Å². The molecule has 2 fully saturated rings. The maximum atomic E-state index is 9.46.